The summed E-state index contributed by atoms with van der Waals surface area (Å²) in [5, 5.41) is 8.05. The topological polar surface area (TPSA) is 12.0 Å². The van der Waals surface area contributed by atoms with Gasteiger partial charge < -0.3 is 5.32 Å². The molecule has 1 heterocycles. The van der Waals surface area contributed by atoms with E-state index in [1.807, 2.05) is 0 Å². The van der Waals surface area contributed by atoms with Gasteiger partial charge in [-0.05, 0) is 30.2 Å². The lowest BCUT2D eigenvalue weighted by molar-refractivity contribution is 0.502. The zero-order chi connectivity index (χ0) is 12.7. The van der Waals surface area contributed by atoms with E-state index in [2.05, 4.69) is 43.4 Å². The van der Waals surface area contributed by atoms with Crippen molar-refractivity contribution in [2.24, 2.45) is 0 Å². The van der Waals surface area contributed by atoms with Crippen LogP contribution in [0.15, 0.2) is 17.3 Å². The quantitative estimate of drug-likeness (QED) is 0.697. The van der Waals surface area contributed by atoms with Crippen molar-refractivity contribution in [1.29, 1.82) is 0 Å². The molecule has 17 heavy (non-hydrogen) atoms. The van der Waals surface area contributed by atoms with E-state index in [9.17, 15) is 0 Å². The molecule has 96 valence electrons. The molecule has 0 radical (unpaired) electrons. The number of thiophene rings is 1. The Hall–Kier alpha value is -0.760. The highest BCUT2D eigenvalue weighted by Crippen LogP contribution is 2.22. The first-order valence-corrected chi connectivity index (χ1v) is 7.68. The van der Waals surface area contributed by atoms with E-state index < -0.39 is 0 Å². The van der Waals surface area contributed by atoms with Crippen LogP contribution in [0.5, 0.6) is 0 Å². The third-order valence-corrected chi connectivity index (χ3v) is 3.89. The molecular formula is C15H25NS. The molecule has 1 aromatic rings. The van der Waals surface area contributed by atoms with Crippen LogP contribution >= 0.6 is 11.3 Å². The molecule has 0 bridgehead atoms. The zero-order valence-electron chi connectivity index (χ0n) is 11.4. The summed E-state index contributed by atoms with van der Waals surface area (Å²) < 4.78 is 0. The number of hydrogen-bond acceptors (Lipinski definition) is 2. The van der Waals surface area contributed by atoms with Crippen LogP contribution in [-0.2, 0) is 6.42 Å². The lowest BCUT2D eigenvalue weighted by Gasteiger charge is -2.20. The lowest BCUT2D eigenvalue weighted by Crippen LogP contribution is -2.27. The fraction of sp³-hybridized carbons (Fsp3) is 0.600. The van der Waals surface area contributed by atoms with E-state index in [4.69, 9.17) is 0 Å². The molecule has 0 atom stereocenters. The van der Waals surface area contributed by atoms with Crippen molar-refractivity contribution in [3.05, 3.63) is 28.5 Å². The van der Waals surface area contributed by atoms with Crippen LogP contribution in [0.25, 0.3) is 5.70 Å². The van der Waals surface area contributed by atoms with Crippen molar-refractivity contribution in [3.63, 3.8) is 0 Å². The number of rotatable bonds is 8. The van der Waals surface area contributed by atoms with E-state index in [0.717, 1.165) is 12.1 Å². The Morgan fingerprint density at radius 1 is 1.24 bits per heavy atom. The van der Waals surface area contributed by atoms with Gasteiger partial charge >= 0.3 is 0 Å². The molecule has 0 fully saturated rings. The number of aryl methyl sites for hydroxylation is 1. The smallest absolute Gasteiger partial charge is 0.0354 e. The molecule has 1 rings (SSSR count). The Kier molecular flexibility index (Phi) is 6.35. The molecule has 0 amide bonds. The van der Waals surface area contributed by atoms with Gasteiger partial charge in [-0.15, -0.1) is 0 Å². The highest BCUT2D eigenvalue weighted by atomic mass is 32.1. The monoisotopic (exact) mass is 251 g/mol. The van der Waals surface area contributed by atoms with Gasteiger partial charge in [-0.25, -0.2) is 0 Å². The first-order valence-electron chi connectivity index (χ1n) is 6.73. The van der Waals surface area contributed by atoms with E-state index in [1.165, 1.54) is 36.8 Å². The predicted octanol–water partition coefficient (Wildman–Crippen LogP) is 4.84. The van der Waals surface area contributed by atoms with Gasteiger partial charge in [0.05, 0.1) is 0 Å². The van der Waals surface area contributed by atoms with E-state index in [0.29, 0.717) is 6.04 Å². The molecule has 0 aliphatic rings. The SMILES string of the molecule is C=C(NC(CCC)CCC)c1cscc1CC. The first kappa shape index (κ1) is 14.3. The highest BCUT2D eigenvalue weighted by molar-refractivity contribution is 7.08. The minimum atomic E-state index is 0.585. The van der Waals surface area contributed by atoms with E-state index in [1.54, 1.807) is 11.3 Å². The van der Waals surface area contributed by atoms with Gasteiger partial charge in [0.25, 0.3) is 0 Å². The average Bonchev–Trinajstić information content (AvgIpc) is 2.77. The minimum Gasteiger partial charge on any atom is -0.382 e. The number of nitrogens with one attached hydrogen (secondary N) is 1. The van der Waals surface area contributed by atoms with E-state index in [-0.39, 0.29) is 0 Å². The van der Waals surface area contributed by atoms with Crippen LogP contribution in [0.2, 0.25) is 0 Å². The summed E-state index contributed by atoms with van der Waals surface area (Å²) in [5.74, 6) is 0. The minimum absolute atomic E-state index is 0.585. The molecule has 0 spiro atoms. The van der Waals surface area contributed by atoms with Gasteiger partial charge in [0.15, 0.2) is 0 Å². The molecule has 0 unspecified atom stereocenters. The molecule has 1 nitrogen and oxygen atoms in total. The fourth-order valence-corrected chi connectivity index (χ4v) is 3.13. The van der Waals surface area contributed by atoms with Crippen molar-refractivity contribution >= 4 is 17.0 Å². The van der Waals surface area contributed by atoms with Gasteiger partial charge in [0, 0.05) is 22.7 Å². The molecule has 2 heteroatoms. The Labute approximate surface area is 110 Å². The summed E-state index contributed by atoms with van der Waals surface area (Å²) in [7, 11) is 0. The molecule has 0 aliphatic heterocycles. The third-order valence-electron chi connectivity index (χ3n) is 3.10. The zero-order valence-corrected chi connectivity index (χ0v) is 12.2. The van der Waals surface area contributed by atoms with Crippen molar-refractivity contribution in [1.82, 2.24) is 5.32 Å². The van der Waals surface area contributed by atoms with Gasteiger partial charge in [-0.1, -0.05) is 40.2 Å². The third kappa shape index (κ3) is 4.19. The Bertz CT molecular complexity index is 334. The number of hydrogen-bond donors (Lipinski definition) is 1. The predicted molar refractivity (Wildman–Crippen MR) is 79.5 cm³/mol. The standard InChI is InChI=1S/C15H25NS/c1-5-8-14(9-6-2)16-12(4)15-11-17-10-13(15)7-3/h10-11,14,16H,4-9H2,1-3H3. The second-order valence-corrected chi connectivity index (χ2v) is 5.30. The summed E-state index contributed by atoms with van der Waals surface area (Å²) in [5.41, 5.74) is 3.84. The average molecular weight is 251 g/mol. The maximum Gasteiger partial charge on any atom is 0.0354 e. The first-order chi connectivity index (χ1) is 8.22. The Balaban J connectivity index is 2.63. The highest BCUT2D eigenvalue weighted by Gasteiger charge is 2.11. The molecule has 0 saturated carbocycles. The summed E-state index contributed by atoms with van der Waals surface area (Å²) in [6, 6.07) is 0.585. The molecular weight excluding hydrogens is 226 g/mol. The Morgan fingerprint density at radius 2 is 1.88 bits per heavy atom. The molecule has 0 saturated heterocycles. The van der Waals surface area contributed by atoms with Gasteiger partial charge in [0.1, 0.15) is 0 Å². The second kappa shape index (κ2) is 7.54. The summed E-state index contributed by atoms with van der Waals surface area (Å²) in [6.45, 7) is 10.9. The van der Waals surface area contributed by atoms with Crippen molar-refractivity contribution in [3.8, 4) is 0 Å². The summed E-state index contributed by atoms with van der Waals surface area (Å²) in [6.07, 6.45) is 6.02. The fourth-order valence-electron chi connectivity index (χ4n) is 2.17. The van der Waals surface area contributed by atoms with Gasteiger partial charge in [-0.3, -0.25) is 0 Å². The van der Waals surface area contributed by atoms with E-state index >= 15 is 0 Å². The van der Waals surface area contributed by atoms with Crippen LogP contribution in [-0.4, -0.2) is 6.04 Å². The molecule has 0 aliphatic carbocycles. The molecule has 1 aromatic heterocycles. The largest absolute Gasteiger partial charge is 0.382 e. The molecule has 1 N–H and O–H groups in total. The summed E-state index contributed by atoms with van der Waals surface area (Å²) >= 11 is 1.77. The normalized spacial score (nSPS) is 10.8. The maximum absolute atomic E-state index is 4.21. The van der Waals surface area contributed by atoms with Gasteiger partial charge in [0.2, 0.25) is 0 Å². The van der Waals surface area contributed by atoms with Crippen molar-refractivity contribution in [2.75, 3.05) is 0 Å². The van der Waals surface area contributed by atoms with Crippen LogP contribution in [0.4, 0.5) is 0 Å². The van der Waals surface area contributed by atoms with Crippen molar-refractivity contribution < 1.29 is 0 Å². The van der Waals surface area contributed by atoms with Crippen molar-refractivity contribution in [2.45, 2.75) is 58.9 Å². The second-order valence-electron chi connectivity index (χ2n) is 4.56. The van der Waals surface area contributed by atoms with Crippen LogP contribution in [0.1, 0.15) is 57.6 Å². The maximum atomic E-state index is 4.21. The molecule has 0 aromatic carbocycles. The van der Waals surface area contributed by atoms with Crippen LogP contribution in [0.3, 0.4) is 0 Å². The van der Waals surface area contributed by atoms with Crippen LogP contribution < -0.4 is 5.32 Å². The van der Waals surface area contributed by atoms with Crippen LogP contribution in [0, 0.1) is 0 Å². The lowest BCUT2D eigenvalue weighted by atomic mass is 10.0. The summed E-state index contributed by atoms with van der Waals surface area (Å²) in [4.78, 5) is 0. The Morgan fingerprint density at radius 3 is 2.41 bits per heavy atom. The van der Waals surface area contributed by atoms with Gasteiger partial charge in [-0.2, -0.15) is 11.3 Å².